The van der Waals surface area contributed by atoms with E-state index in [0.29, 0.717) is 54.1 Å². The molecular formula is C33H33FN4O6S. The first-order valence-corrected chi connectivity index (χ1v) is 16.0. The molecule has 0 radical (unpaired) electrons. The molecule has 234 valence electrons. The number of hydrogen-bond acceptors (Lipinski definition) is 8. The second-order valence-corrected chi connectivity index (χ2v) is 12.2. The number of amides is 1. The first-order chi connectivity index (χ1) is 21.6. The van der Waals surface area contributed by atoms with Gasteiger partial charge in [-0.3, -0.25) is 9.35 Å². The average Bonchev–Trinajstić information content (AvgIpc) is 3.04. The summed E-state index contributed by atoms with van der Waals surface area (Å²) >= 11 is 0. The molecule has 10 nitrogen and oxygen atoms in total. The van der Waals surface area contributed by atoms with Gasteiger partial charge in [-0.15, -0.1) is 5.11 Å². The molecule has 3 aromatic carbocycles. The van der Waals surface area contributed by atoms with Gasteiger partial charge in [-0.25, -0.2) is 9.37 Å². The van der Waals surface area contributed by atoms with Crippen molar-refractivity contribution in [3.8, 4) is 22.6 Å². The largest absolute Gasteiger partial charge is 0.507 e. The monoisotopic (exact) mass is 632 g/mol. The summed E-state index contributed by atoms with van der Waals surface area (Å²) in [6.45, 7) is 3.42. The maximum atomic E-state index is 13.4. The highest BCUT2D eigenvalue weighted by molar-refractivity contribution is 7.85. The Morgan fingerprint density at radius 3 is 2.58 bits per heavy atom. The smallest absolute Gasteiger partial charge is 0.294 e. The van der Waals surface area contributed by atoms with Crippen molar-refractivity contribution < 1.29 is 32.0 Å². The maximum absolute atomic E-state index is 13.4. The van der Waals surface area contributed by atoms with Gasteiger partial charge < -0.3 is 14.7 Å². The number of halogens is 1. The van der Waals surface area contributed by atoms with Crippen molar-refractivity contribution in [2.24, 2.45) is 16.1 Å². The highest BCUT2D eigenvalue weighted by Crippen LogP contribution is 2.36. The Morgan fingerprint density at radius 2 is 1.87 bits per heavy atom. The van der Waals surface area contributed by atoms with Crippen LogP contribution < -0.4 is 4.74 Å². The number of aryl methyl sites for hydroxylation is 1. The van der Waals surface area contributed by atoms with E-state index in [-0.39, 0.29) is 40.6 Å². The van der Waals surface area contributed by atoms with Crippen LogP contribution in [0.3, 0.4) is 0 Å². The van der Waals surface area contributed by atoms with Gasteiger partial charge in [-0.1, -0.05) is 37.3 Å². The third-order valence-corrected chi connectivity index (χ3v) is 8.61. The molecule has 4 aromatic rings. The Morgan fingerprint density at radius 1 is 1.09 bits per heavy atom. The van der Waals surface area contributed by atoms with Crippen LogP contribution in [0.5, 0.6) is 11.5 Å². The number of azo groups is 1. The summed E-state index contributed by atoms with van der Waals surface area (Å²) in [5, 5.41) is 18.7. The fourth-order valence-corrected chi connectivity index (χ4v) is 6.02. The summed E-state index contributed by atoms with van der Waals surface area (Å²) in [6, 6.07) is 18.6. The molecule has 1 aromatic heterocycles. The van der Waals surface area contributed by atoms with Gasteiger partial charge in [-0.05, 0) is 72.4 Å². The summed E-state index contributed by atoms with van der Waals surface area (Å²) in [4.78, 5) is 19.0. The second-order valence-electron chi connectivity index (χ2n) is 10.8. The van der Waals surface area contributed by atoms with Crippen molar-refractivity contribution in [2.45, 2.75) is 37.6 Å². The van der Waals surface area contributed by atoms with E-state index in [0.717, 1.165) is 18.4 Å². The molecule has 1 aliphatic rings. The Kier molecular flexibility index (Phi) is 9.84. The lowest BCUT2D eigenvalue weighted by molar-refractivity contribution is 0.0632. The molecule has 2 N–H and O–H groups in total. The third kappa shape index (κ3) is 7.89. The fourth-order valence-electron chi connectivity index (χ4n) is 5.30. The summed E-state index contributed by atoms with van der Waals surface area (Å²) < 4.78 is 52.0. The van der Waals surface area contributed by atoms with Gasteiger partial charge in [0.1, 0.15) is 17.3 Å². The predicted molar refractivity (Wildman–Crippen MR) is 166 cm³/mol. The molecule has 1 aliphatic heterocycles. The Labute approximate surface area is 261 Å². The minimum Gasteiger partial charge on any atom is -0.507 e. The Hall–Kier alpha value is -4.68. The molecule has 0 spiro atoms. The summed E-state index contributed by atoms with van der Waals surface area (Å²) in [5.74, 6) is 0.476. The van der Waals surface area contributed by atoms with Gasteiger partial charge in [0.25, 0.3) is 16.0 Å². The molecule has 0 bridgehead atoms. The number of phenols is 1. The first kappa shape index (κ1) is 31.7. The minimum atomic E-state index is -4.38. The van der Waals surface area contributed by atoms with E-state index in [9.17, 15) is 27.3 Å². The number of carbonyl (C=O) groups excluding carboxylic acids is 1. The molecule has 0 saturated carbocycles. The molecule has 1 saturated heterocycles. The average molecular weight is 633 g/mol. The zero-order valence-corrected chi connectivity index (χ0v) is 25.5. The highest BCUT2D eigenvalue weighted by atomic mass is 32.2. The van der Waals surface area contributed by atoms with Crippen LogP contribution in [-0.2, 0) is 23.1 Å². The lowest BCUT2D eigenvalue weighted by Gasteiger charge is -2.33. The number of nitrogens with zero attached hydrogens (tertiary/aromatic N) is 4. The van der Waals surface area contributed by atoms with E-state index < -0.39 is 10.1 Å². The number of benzene rings is 3. The highest BCUT2D eigenvalue weighted by Gasteiger charge is 2.26. The van der Waals surface area contributed by atoms with Crippen molar-refractivity contribution in [1.29, 1.82) is 0 Å². The van der Waals surface area contributed by atoms with Crippen LogP contribution in [0.2, 0.25) is 0 Å². The van der Waals surface area contributed by atoms with Crippen LogP contribution in [0, 0.1) is 11.7 Å². The first-order valence-electron chi connectivity index (χ1n) is 14.5. The lowest BCUT2D eigenvalue weighted by Crippen LogP contribution is -2.41. The number of piperidine rings is 1. The molecule has 1 amide bonds. The van der Waals surface area contributed by atoms with E-state index in [1.165, 1.54) is 36.5 Å². The molecule has 45 heavy (non-hydrogen) atoms. The predicted octanol–water partition coefficient (Wildman–Crippen LogP) is 6.62. The van der Waals surface area contributed by atoms with E-state index >= 15 is 0 Å². The number of rotatable bonds is 10. The summed E-state index contributed by atoms with van der Waals surface area (Å²) in [5.41, 5.74) is 2.94. The minimum absolute atomic E-state index is 0.0488. The SMILES string of the molecule is CCc1cc(-c2ccc(F)cc2)c(O)cc1OCC1CCCN(C(=O)c2ccc(N=NCc3ccccc3S(=O)(=O)O)nc2)C1. The van der Waals surface area contributed by atoms with Crippen molar-refractivity contribution in [1.82, 2.24) is 9.88 Å². The lowest BCUT2D eigenvalue weighted by atomic mass is 9.98. The number of carbonyl (C=O) groups is 1. The maximum Gasteiger partial charge on any atom is 0.294 e. The van der Waals surface area contributed by atoms with Crippen molar-refractivity contribution in [3.63, 3.8) is 0 Å². The Bertz CT molecular complexity index is 1800. The molecule has 1 atom stereocenters. The quantitative estimate of drug-likeness (QED) is 0.148. The Balaban J connectivity index is 1.18. The number of aromatic hydroxyl groups is 1. The van der Waals surface area contributed by atoms with Crippen LogP contribution in [0.1, 0.15) is 41.3 Å². The molecule has 5 rings (SSSR count). The molecule has 1 unspecified atom stereocenters. The van der Waals surface area contributed by atoms with Crippen LogP contribution in [-0.4, -0.2) is 53.6 Å². The summed E-state index contributed by atoms with van der Waals surface area (Å²) in [6.07, 6.45) is 3.82. The van der Waals surface area contributed by atoms with Gasteiger partial charge in [0.15, 0.2) is 5.82 Å². The fraction of sp³-hybridized carbons (Fsp3) is 0.273. The van der Waals surface area contributed by atoms with Crippen LogP contribution >= 0.6 is 0 Å². The number of likely N-dealkylation sites (tertiary alicyclic amines) is 1. The normalized spacial score (nSPS) is 15.4. The summed E-state index contributed by atoms with van der Waals surface area (Å²) in [7, 11) is -4.38. The van der Waals surface area contributed by atoms with E-state index in [1.807, 2.05) is 13.0 Å². The standard InChI is InChI=1S/C33H33FN4O6S/c1-2-23-16-28(24-9-12-27(34)13-10-24)29(39)17-30(23)44-21-22-6-5-15-38(20-22)33(40)26-11-14-32(35-18-26)37-36-19-25-7-3-4-8-31(25)45(41,42)43/h3-4,7-14,16-18,22,39H,2,5-6,15,19-21H2,1H3,(H,41,42,43). The third-order valence-electron chi connectivity index (χ3n) is 7.66. The molecule has 0 aliphatic carbocycles. The van der Waals surface area contributed by atoms with Gasteiger partial charge in [0.05, 0.1) is 23.6 Å². The zero-order valence-electron chi connectivity index (χ0n) is 24.6. The van der Waals surface area contributed by atoms with Crippen molar-refractivity contribution >= 4 is 21.8 Å². The number of pyridine rings is 1. The van der Waals surface area contributed by atoms with Crippen molar-refractivity contribution in [2.75, 3.05) is 19.7 Å². The van der Waals surface area contributed by atoms with Crippen LogP contribution in [0.4, 0.5) is 10.2 Å². The second kappa shape index (κ2) is 14.0. The van der Waals surface area contributed by atoms with E-state index in [4.69, 9.17) is 4.74 Å². The number of phenolic OH excluding ortho intramolecular Hbond substituents is 1. The van der Waals surface area contributed by atoms with Gasteiger partial charge >= 0.3 is 0 Å². The van der Waals surface area contributed by atoms with Crippen LogP contribution in [0.25, 0.3) is 11.1 Å². The molecule has 1 fully saturated rings. The topological polar surface area (TPSA) is 142 Å². The van der Waals surface area contributed by atoms with Gasteiger partial charge in [-0.2, -0.15) is 13.5 Å². The number of ether oxygens (including phenoxy) is 1. The van der Waals surface area contributed by atoms with Gasteiger partial charge in [0.2, 0.25) is 0 Å². The molecule has 2 heterocycles. The molecule has 12 heteroatoms. The van der Waals surface area contributed by atoms with E-state index in [2.05, 4.69) is 15.2 Å². The van der Waals surface area contributed by atoms with E-state index in [1.54, 1.807) is 41.3 Å². The molecular weight excluding hydrogens is 599 g/mol. The van der Waals surface area contributed by atoms with Crippen molar-refractivity contribution in [3.05, 3.63) is 102 Å². The number of aromatic nitrogens is 1. The van der Waals surface area contributed by atoms with Crippen LogP contribution in [0.15, 0.2) is 94.1 Å². The van der Waals surface area contributed by atoms with Gasteiger partial charge in [0, 0.05) is 36.8 Å². The number of hydrogen-bond donors (Lipinski definition) is 2. The zero-order chi connectivity index (χ0) is 32.0.